The third-order valence-electron chi connectivity index (χ3n) is 2.91. The Morgan fingerprint density at radius 3 is 2.55 bits per heavy atom. The number of hydrogen-bond acceptors (Lipinski definition) is 3. The molecule has 0 bridgehead atoms. The lowest BCUT2D eigenvalue weighted by Crippen LogP contribution is -2.13. The second kappa shape index (κ2) is 7.30. The molecule has 0 unspecified atom stereocenters. The molecule has 0 aliphatic rings. The monoisotopic (exact) mass is 312 g/mol. The molecule has 22 heavy (non-hydrogen) atoms. The van der Waals surface area contributed by atoms with Gasteiger partial charge in [0.15, 0.2) is 0 Å². The van der Waals surface area contributed by atoms with Gasteiger partial charge in [-0.3, -0.25) is 4.79 Å². The fourth-order valence-corrected chi connectivity index (χ4v) is 1.95. The van der Waals surface area contributed by atoms with Gasteiger partial charge >= 0.3 is 0 Å². The van der Waals surface area contributed by atoms with Crippen LogP contribution in [0.1, 0.15) is 5.56 Å². The highest BCUT2D eigenvalue weighted by atomic mass is 35.5. The fraction of sp³-hybridized carbons (Fsp3) is 0.0588. The molecule has 0 aromatic heterocycles. The average Bonchev–Trinajstić information content (AvgIpc) is 2.55. The number of anilines is 1. The third-order valence-corrected chi connectivity index (χ3v) is 3.16. The Balaban J connectivity index is 2.24. The maximum Gasteiger partial charge on any atom is 0.266 e. The van der Waals surface area contributed by atoms with Crippen LogP contribution in [0.2, 0.25) is 5.02 Å². The molecule has 0 atom stereocenters. The minimum atomic E-state index is -0.490. The number of nitrogens with zero attached hydrogens (tertiary/aromatic N) is 1. The van der Waals surface area contributed by atoms with Gasteiger partial charge in [-0.25, -0.2) is 0 Å². The van der Waals surface area contributed by atoms with Gasteiger partial charge in [0.25, 0.3) is 5.91 Å². The highest BCUT2D eigenvalue weighted by Crippen LogP contribution is 2.21. The molecule has 5 heteroatoms. The summed E-state index contributed by atoms with van der Waals surface area (Å²) in [5, 5.41) is 12.4. The first-order valence-electron chi connectivity index (χ1n) is 6.46. The predicted molar refractivity (Wildman–Crippen MR) is 86.7 cm³/mol. The molecule has 2 aromatic rings. The standard InChI is InChI=1S/C17H13ClN2O2/c1-22-16-5-3-2-4-12(16)10-13(11-19)17(21)20-15-8-6-14(18)7-9-15/h2-10H,1H3,(H,20,21)/b13-10-. The normalized spacial score (nSPS) is 10.7. The Morgan fingerprint density at radius 2 is 1.91 bits per heavy atom. The molecular weight excluding hydrogens is 300 g/mol. The third kappa shape index (κ3) is 3.87. The van der Waals surface area contributed by atoms with Crippen molar-refractivity contribution >= 4 is 29.3 Å². The Bertz CT molecular complexity index is 746. The molecule has 4 nitrogen and oxygen atoms in total. The number of rotatable bonds is 4. The van der Waals surface area contributed by atoms with Crippen LogP contribution in [0.25, 0.3) is 6.08 Å². The highest BCUT2D eigenvalue weighted by molar-refractivity contribution is 6.30. The lowest BCUT2D eigenvalue weighted by molar-refractivity contribution is -0.112. The second-order valence-electron chi connectivity index (χ2n) is 4.37. The molecule has 0 aliphatic carbocycles. The number of carbonyl (C=O) groups excluding carboxylic acids is 1. The summed E-state index contributed by atoms with van der Waals surface area (Å²) in [5.41, 5.74) is 1.21. The van der Waals surface area contributed by atoms with Crippen LogP contribution in [0.4, 0.5) is 5.69 Å². The number of methoxy groups -OCH3 is 1. The van der Waals surface area contributed by atoms with Gasteiger partial charge in [0.05, 0.1) is 7.11 Å². The second-order valence-corrected chi connectivity index (χ2v) is 4.81. The number of nitriles is 1. The van der Waals surface area contributed by atoms with Crippen molar-refractivity contribution in [3.63, 3.8) is 0 Å². The molecule has 2 rings (SSSR count). The number of amides is 1. The van der Waals surface area contributed by atoms with Crippen molar-refractivity contribution in [2.24, 2.45) is 0 Å². The van der Waals surface area contributed by atoms with E-state index in [1.165, 1.54) is 13.2 Å². The topological polar surface area (TPSA) is 62.1 Å². The number of halogens is 1. The molecule has 2 aromatic carbocycles. The molecule has 0 radical (unpaired) electrons. The minimum absolute atomic E-state index is 0.0144. The minimum Gasteiger partial charge on any atom is -0.496 e. The van der Waals surface area contributed by atoms with Gasteiger partial charge in [-0.1, -0.05) is 29.8 Å². The van der Waals surface area contributed by atoms with Crippen LogP contribution in [0.5, 0.6) is 5.75 Å². The Morgan fingerprint density at radius 1 is 1.23 bits per heavy atom. The number of carbonyl (C=O) groups is 1. The summed E-state index contributed by atoms with van der Waals surface area (Å²) in [6.45, 7) is 0. The van der Waals surface area contributed by atoms with Crippen molar-refractivity contribution in [2.75, 3.05) is 12.4 Å². The Kier molecular flexibility index (Phi) is 5.18. The summed E-state index contributed by atoms with van der Waals surface area (Å²) in [6, 6.07) is 15.7. The number of ether oxygens (including phenoxy) is 1. The van der Waals surface area contributed by atoms with Crippen LogP contribution in [0, 0.1) is 11.3 Å². The van der Waals surface area contributed by atoms with Gasteiger partial charge in [-0.2, -0.15) is 5.26 Å². The largest absolute Gasteiger partial charge is 0.496 e. The van der Waals surface area contributed by atoms with Crippen molar-refractivity contribution < 1.29 is 9.53 Å². The molecule has 1 N–H and O–H groups in total. The van der Waals surface area contributed by atoms with Crippen LogP contribution < -0.4 is 10.1 Å². The average molecular weight is 313 g/mol. The zero-order chi connectivity index (χ0) is 15.9. The van der Waals surface area contributed by atoms with E-state index in [1.807, 2.05) is 12.1 Å². The predicted octanol–water partition coefficient (Wildman–Crippen LogP) is 3.89. The molecule has 0 saturated heterocycles. The van der Waals surface area contributed by atoms with E-state index in [0.29, 0.717) is 22.0 Å². The summed E-state index contributed by atoms with van der Waals surface area (Å²) in [6.07, 6.45) is 1.49. The van der Waals surface area contributed by atoms with Crippen LogP contribution in [0.3, 0.4) is 0 Å². The number of para-hydroxylation sites is 1. The zero-order valence-corrected chi connectivity index (χ0v) is 12.6. The summed E-state index contributed by atoms with van der Waals surface area (Å²) < 4.78 is 5.20. The zero-order valence-electron chi connectivity index (χ0n) is 11.8. The molecule has 0 fully saturated rings. The van der Waals surface area contributed by atoms with Gasteiger partial charge < -0.3 is 10.1 Å². The van der Waals surface area contributed by atoms with Crippen molar-refractivity contribution in [3.8, 4) is 11.8 Å². The van der Waals surface area contributed by atoms with E-state index in [9.17, 15) is 10.1 Å². The van der Waals surface area contributed by atoms with E-state index >= 15 is 0 Å². The van der Waals surface area contributed by atoms with Gasteiger partial charge in [0, 0.05) is 16.3 Å². The van der Waals surface area contributed by atoms with E-state index in [4.69, 9.17) is 16.3 Å². The molecule has 0 saturated carbocycles. The van der Waals surface area contributed by atoms with E-state index in [0.717, 1.165) is 0 Å². The highest BCUT2D eigenvalue weighted by Gasteiger charge is 2.11. The Labute approximate surface area is 133 Å². The lowest BCUT2D eigenvalue weighted by Gasteiger charge is -2.06. The van der Waals surface area contributed by atoms with Crippen molar-refractivity contribution in [3.05, 3.63) is 64.7 Å². The molecule has 0 aliphatic heterocycles. The Hall–Kier alpha value is -2.77. The van der Waals surface area contributed by atoms with Crippen molar-refractivity contribution in [2.45, 2.75) is 0 Å². The lowest BCUT2D eigenvalue weighted by atomic mass is 10.1. The number of hydrogen-bond donors (Lipinski definition) is 1. The fourth-order valence-electron chi connectivity index (χ4n) is 1.82. The first kappa shape index (κ1) is 15.6. The number of nitrogens with one attached hydrogen (secondary N) is 1. The van der Waals surface area contributed by atoms with Gasteiger partial charge in [-0.15, -0.1) is 0 Å². The van der Waals surface area contributed by atoms with E-state index < -0.39 is 5.91 Å². The molecule has 110 valence electrons. The van der Waals surface area contributed by atoms with Crippen molar-refractivity contribution in [1.29, 1.82) is 5.26 Å². The quantitative estimate of drug-likeness (QED) is 0.688. The first-order valence-corrected chi connectivity index (χ1v) is 6.83. The molecule has 0 heterocycles. The van der Waals surface area contributed by atoms with E-state index in [2.05, 4.69) is 5.32 Å². The van der Waals surface area contributed by atoms with Crippen LogP contribution >= 0.6 is 11.6 Å². The van der Waals surface area contributed by atoms with Crippen molar-refractivity contribution in [1.82, 2.24) is 0 Å². The molecular formula is C17H13ClN2O2. The van der Waals surface area contributed by atoms with Crippen LogP contribution in [-0.2, 0) is 4.79 Å². The summed E-state index contributed by atoms with van der Waals surface area (Å²) in [5.74, 6) is 0.102. The first-order chi connectivity index (χ1) is 10.6. The van der Waals surface area contributed by atoms with Gasteiger partial charge in [0.1, 0.15) is 17.4 Å². The smallest absolute Gasteiger partial charge is 0.266 e. The summed E-state index contributed by atoms with van der Waals surface area (Å²) in [4.78, 5) is 12.2. The number of benzene rings is 2. The van der Waals surface area contributed by atoms with E-state index in [-0.39, 0.29) is 5.57 Å². The van der Waals surface area contributed by atoms with E-state index in [1.54, 1.807) is 42.5 Å². The summed E-state index contributed by atoms with van der Waals surface area (Å²) in [7, 11) is 1.53. The van der Waals surface area contributed by atoms with Gasteiger partial charge in [-0.05, 0) is 36.4 Å². The maximum absolute atomic E-state index is 12.2. The summed E-state index contributed by atoms with van der Waals surface area (Å²) >= 11 is 5.79. The molecule has 0 spiro atoms. The van der Waals surface area contributed by atoms with Gasteiger partial charge in [0.2, 0.25) is 0 Å². The molecule has 1 amide bonds. The maximum atomic E-state index is 12.2. The van der Waals surface area contributed by atoms with Crippen LogP contribution in [-0.4, -0.2) is 13.0 Å². The van der Waals surface area contributed by atoms with Crippen LogP contribution in [0.15, 0.2) is 54.1 Å². The SMILES string of the molecule is COc1ccccc1/C=C(/C#N)C(=O)Nc1ccc(Cl)cc1.